The number of benzene rings is 2. The Morgan fingerprint density at radius 2 is 1.81 bits per heavy atom. The average Bonchev–Trinajstić information content (AvgIpc) is 3.15. The van der Waals surface area contributed by atoms with Crippen molar-refractivity contribution in [2.24, 2.45) is 0 Å². The first kappa shape index (κ1) is 17.6. The quantitative estimate of drug-likeness (QED) is 0.448. The number of ether oxygens (including phenoxy) is 2. The van der Waals surface area contributed by atoms with Crippen molar-refractivity contribution < 1.29 is 14.3 Å². The molecular weight excluding hydrogens is 328 g/mol. The first-order valence-electron chi connectivity index (χ1n) is 8.57. The van der Waals surface area contributed by atoms with E-state index in [1.165, 1.54) is 0 Å². The van der Waals surface area contributed by atoms with E-state index in [2.05, 4.69) is 18.7 Å². The van der Waals surface area contributed by atoms with Crippen LogP contribution in [0.2, 0.25) is 0 Å². The molecule has 5 heteroatoms. The minimum Gasteiger partial charge on any atom is -0.454 e. The fraction of sp³-hybridized carbons (Fsp3) is 0.238. The summed E-state index contributed by atoms with van der Waals surface area (Å²) < 4.78 is 10.5. The predicted octanol–water partition coefficient (Wildman–Crippen LogP) is 4.05. The van der Waals surface area contributed by atoms with Gasteiger partial charge in [-0.25, -0.2) is 0 Å². The van der Waals surface area contributed by atoms with E-state index >= 15 is 0 Å². The fourth-order valence-corrected chi connectivity index (χ4v) is 2.88. The Morgan fingerprint density at radius 3 is 2.46 bits per heavy atom. The molecule has 0 radical (unpaired) electrons. The lowest BCUT2D eigenvalue weighted by molar-refractivity contribution is 0.103. The zero-order valence-corrected chi connectivity index (χ0v) is 14.9. The van der Waals surface area contributed by atoms with Crippen molar-refractivity contribution in [3.05, 3.63) is 59.2 Å². The van der Waals surface area contributed by atoms with E-state index in [1.54, 1.807) is 24.3 Å². The average molecular weight is 348 g/mol. The number of allylic oxidation sites excluding steroid dienone is 1. The lowest BCUT2D eigenvalue weighted by Gasteiger charge is -2.20. The zero-order valence-electron chi connectivity index (χ0n) is 14.9. The highest BCUT2D eigenvalue weighted by molar-refractivity contribution is 6.14. The van der Waals surface area contributed by atoms with Crippen LogP contribution in [-0.2, 0) is 0 Å². The number of ketones is 1. The highest BCUT2D eigenvalue weighted by Gasteiger charge is 2.18. The molecule has 0 spiro atoms. The van der Waals surface area contributed by atoms with Gasteiger partial charge in [0.15, 0.2) is 11.5 Å². The van der Waals surface area contributed by atoms with Crippen molar-refractivity contribution in [1.29, 1.82) is 5.26 Å². The number of nitrogens with zero attached hydrogens (tertiary/aromatic N) is 2. The van der Waals surface area contributed by atoms with Gasteiger partial charge in [0.1, 0.15) is 11.6 Å². The van der Waals surface area contributed by atoms with E-state index in [1.807, 2.05) is 30.3 Å². The Bertz CT molecular complexity index is 875. The van der Waals surface area contributed by atoms with Crippen LogP contribution in [0.5, 0.6) is 11.5 Å². The maximum absolute atomic E-state index is 12.7. The van der Waals surface area contributed by atoms with Crippen molar-refractivity contribution in [3.8, 4) is 17.6 Å². The lowest BCUT2D eigenvalue weighted by atomic mass is 10.0. The van der Waals surface area contributed by atoms with Crippen LogP contribution in [0.1, 0.15) is 29.8 Å². The summed E-state index contributed by atoms with van der Waals surface area (Å²) in [6.07, 6.45) is 1.61. The van der Waals surface area contributed by atoms with Crippen LogP contribution < -0.4 is 14.4 Å². The number of Topliss-reactive ketones (excluding diaryl/α,β-unsaturated/α-hetero) is 1. The third kappa shape index (κ3) is 3.55. The van der Waals surface area contributed by atoms with Gasteiger partial charge in [0.2, 0.25) is 12.6 Å². The maximum atomic E-state index is 12.7. The second kappa shape index (κ2) is 7.75. The van der Waals surface area contributed by atoms with Gasteiger partial charge >= 0.3 is 0 Å². The van der Waals surface area contributed by atoms with Crippen LogP contribution in [-0.4, -0.2) is 25.7 Å². The minimum atomic E-state index is -0.335. The predicted molar refractivity (Wildman–Crippen MR) is 100 cm³/mol. The second-order valence-electron chi connectivity index (χ2n) is 5.83. The summed E-state index contributed by atoms with van der Waals surface area (Å²) in [6.45, 7) is 6.21. The molecule has 132 valence electrons. The van der Waals surface area contributed by atoms with Crippen molar-refractivity contribution in [2.75, 3.05) is 24.8 Å². The van der Waals surface area contributed by atoms with Gasteiger partial charge in [-0.3, -0.25) is 4.79 Å². The third-order valence-electron chi connectivity index (χ3n) is 4.33. The molecule has 0 N–H and O–H groups in total. The molecule has 0 bridgehead atoms. The SMILES string of the molecule is CCN(CC)c1ccc(C=C(C#N)C(=O)c2ccc3c(c2)OCO3)cc1. The molecule has 0 unspecified atom stereocenters. The largest absolute Gasteiger partial charge is 0.454 e. The number of rotatable bonds is 6. The number of hydrogen-bond acceptors (Lipinski definition) is 5. The van der Waals surface area contributed by atoms with E-state index in [9.17, 15) is 10.1 Å². The molecule has 2 aromatic carbocycles. The topological polar surface area (TPSA) is 62.6 Å². The molecule has 3 rings (SSSR count). The molecule has 0 atom stereocenters. The van der Waals surface area contributed by atoms with E-state index < -0.39 is 0 Å². The van der Waals surface area contributed by atoms with Crippen LogP contribution in [0.15, 0.2) is 48.0 Å². The number of hydrogen-bond donors (Lipinski definition) is 0. The zero-order chi connectivity index (χ0) is 18.5. The smallest absolute Gasteiger partial charge is 0.231 e. The molecule has 5 nitrogen and oxygen atoms in total. The van der Waals surface area contributed by atoms with E-state index in [-0.39, 0.29) is 18.1 Å². The Hall–Kier alpha value is -3.26. The van der Waals surface area contributed by atoms with Gasteiger partial charge in [-0.15, -0.1) is 0 Å². The molecule has 1 aliphatic heterocycles. The summed E-state index contributed by atoms with van der Waals surface area (Å²) in [5.41, 5.74) is 2.42. The van der Waals surface area contributed by atoms with Crippen molar-refractivity contribution >= 4 is 17.5 Å². The second-order valence-corrected chi connectivity index (χ2v) is 5.83. The van der Waals surface area contributed by atoms with Gasteiger partial charge in [0, 0.05) is 24.3 Å². The molecule has 2 aromatic rings. The monoisotopic (exact) mass is 348 g/mol. The molecule has 0 saturated heterocycles. The summed E-state index contributed by atoms with van der Waals surface area (Å²) >= 11 is 0. The standard InChI is InChI=1S/C21H20N2O3/c1-3-23(4-2)18-8-5-15(6-9-18)11-17(13-22)21(24)16-7-10-19-20(12-16)26-14-25-19/h5-12H,3-4,14H2,1-2H3. The van der Waals surface area contributed by atoms with Gasteiger partial charge in [0.05, 0.1) is 0 Å². The number of nitriles is 1. The van der Waals surface area contributed by atoms with Gasteiger partial charge in [-0.2, -0.15) is 5.26 Å². The molecule has 1 heterocycles. The maximum Gasteiger partial charge on any atom is 0.231 e. The third-order valence-corrected chi connectivity index (χ3v) is 4.33. The van der Waals surface area contributed by atoms with Gasteiger partial charge in [0.25, 0.3) is 0 Å². The Balaban J connectivity index is 1.84. The molecular formula is C21H20N2O3. The summed E-state index contributed by atoms with van der Waals surface area (Å²) in [5, 5.41) is 9.43. The number of carbonyl (C=O) groups is 1. The number of anilines is 1. The Morgan fingerprint density at radius 1 is 1.12 bits per heavy atom. The molecule has 0 aliphatic carbocycles. The van der Waals surface area contributed by atoms with Gasteiger partial charge < -0.3 is 14.4 Å². The fourth-order valence-electron chi connectivity index (χ4n) is 2.88. The molecule has 0 aromatic heterocycles. The molecule has 0 fully saturated rings. The van der Waals surface area contributed by atoms with Crippen molar-refractivity contribution in [1.82, 2.24) is 0 Å². The summed E-state index contributed by atoms with van der Waals surface area (Å²) in [6, 6.07) is 14.8. The number of fused-ring (bicyclic) bond motifs is 1. The van der Waals surface area contributed by atoms with Gasteiger partial charge in [-0.1, -0.05) is 12.1 Å². The first-order chi connectivity index (χ1) is 12.7. The van der Waals surface area contributed by atoms with Crippen LogP contribution in [0.3, 0.4) is 0 Å². The minimum absolute atomic E-state index is 0.0828. The molecule has 0 amide bonds. The normalized spacial score (nSPS) is 12.6. The summed E-state index contributed by atoms with van der Waals surface area (Å²) in [7, 11) is 0. The number of carbonyl (C=O) groups excluding carboxylic acids is 1. The highest BCUT2D eigenvalue weighted by atomic mass is 16.7. The Kier molecular flexibility index (Phi) is 5.23. The molecule has 1 aliphatic rings. The van der Waals surface area contributed by atoms with Crippen molar-refractivity contribution in [2.45, 2.75) is 13.8 Å². The lowest BCUT2D eigenvalue weighted by Crippen LogP contribution is -2.21. The van der Waals surface area contributed by atoms with Crippen LogP contribution in [0.25, 0.3) is 6.08 Å². The summed E-state index contributed by atoms with van der Waals surface area (Å²) in [4.78, 5) is 14.9. The van der Waals surface area contributed by atoms with E-state index in [0.29, 0.717) is 17.1 Å². The van der Waals surface area contributed by atoms with Gasteiger partial charge in [-0.05, 0) is 55.8 Å². The van der Waals surface area contributed by atoms with Crippen LogP contribution in [0.4, 0.5) is 5.69 Å². The first-order valence-corrected chi connectivity index (χ1v) is 8.57. The van der Waals surface area contributed by atoms with Crippen LogP contribution >= 0.6 is 0 Å². The molecule has 26 heavy (non-hydrogen) atoms. The van der Waals surface area contributed by atoms with Crippen LogP contribution in [0, 0.1) is 11.3 Å². The highest BCUT2D eigenvalue weighted by Crippen LogP contribution is 2.33. The van der Waals surface area contributed by atoms with Crippen molar-refractivity contribution in [3.63, 3.8) is 0 Å². The summed E-state index contributed by atoms with van der Waals surface area (Å²) in [5.74, 6) is 0.798. The molecule has 0 saturated carbocycles. The van der Waals surface area contributed by atoms with E-state index in [4.69, 9.17) is 9.47 Å². The Labute approximate surface area is 153 Å². The van der Waals surface area contributed by atoms with E-state index in [0.717, 1.165) is 24.3 Å².